The van der Waals surface area contributed by atoms with Crippen LogP contribution in [0.1, 0.15) is 15.9 Å². The largest absolute Gasteiger partial charge is 0.507 e. The van der Waals surface area contributed by atoms with Crippen LogP contribution in [0.3, 0.4) is 0 Å². The van der Waals surface area contributed by atoms with Crippen LogP contribution in [-0.4, -0.2) is 66.6 Å². The molecular weight excluding hydrogens is 689 g/mol. The number of nitro benzene ring substituents is 1. The molecule has 0 spiro atoms. The smallest absolute Gasteiger partial charge is 0.271 e. The van der Waals surface area contributed by atoms with Gasteiger partial charge in [0.05, 0.1) is 39.9 Å². The molecule has 3 N–H and O–H groups in total. The van der Waals surface area contributed by atoms with Crippen LogP contribution < -0.4 is 20.1 Å². The van der Waals surface area contributed by atoms with Crippen molar-refractivity contribution < 1.29 is 33.8 Å². The predicted molar refractivity (Wildman–Crippen MR) is 191 cm³/mol. The van der Waals surface area contributed by atoms with Crippen molar-refractivity contribution in [3.8, 4) is 29.6 Å². The van der Waals surface area contributed by atoms with Crippen LogP contribution in [0.25, 0.3) is 10.9 Å². The van der Waals surface area contributed by atoms with E-state index in [0.29, 0.717) is 43.7 Å². The number of carbonyl (C=O) groups is 1. The molecule has 13 nitrogen and oxygen atoms in total. The summed E-state index contributed by atoms with van der Waals surface area (Å²) in [5.41, 5.74) is 2.31. The van der Waals surface area contributed by atoms with E-state index < -0.39 is 10.8 Å². The molecule has 1 aromatic heterocycles. The Kier molecular flexibility index (Phi) is 13.5. The monoisotopic (exact) mass is 719 g/mol. The molecule has 0 fully saturated rings. The minimum atomic E-state index is -0.634. The number of nitrogens with zero attached hydrogens (tertiary/aromatic N) is 3. The molecule has 258 valence electrons. The maximum absolute atomic E-state index is 12.0. The fraction of sp³-hybridized carbons (Fsp3) is 0.171. The third-order valence-electron chi connectivity index (χ3n) is 6.70. The van der Waals surface area contributed by atoms with E-state index >= 15 is 0 Å². The van der Waals surface area contributed by atoms with Gasteiger partial charge in [-0.25, -0.2) is 9.97 Å². The number of ether oxygens (including phenoxy) is 4. The average molecular weight is 721 g/mol. The van der Waals surface area contributed by atoms with Gasteiger partial charge in [-0.05, 0) is 48.5 Å². The summed E-state index contributed by atoms with van der Waals surface area (Å²) in [6.07, 6.45) is 6.99. The van der Waals surface area contributed by atoms with Gasteiger partial charge in [0.1, 0.15) is 31.1 Å². The third kappa shape index (κ3) is 10.2. The molecule has 0 radical (unpaired) electrons. The van der Waals surface area contributed by atoms with Crippen molar-refractivity contribution in [3.05, 3.63) is 110 Å². The van der Waals surface area contributed by atoms with E-state index in [2.05, 4.69) is 26.5 Å². The van der Waals surface area contributed by atoms with Crippen LogP contribution >= 0.6 is 23.2 Å². The number of non-ortho nitro benzene ring substituents is 1. The van der Waals surface area contributed by atoms with Gasteiger partial charge in [-0.15, -0.1) is 6.42 Å². The lowest BCUT2D eigenvalue weighted by Gasteiger charge is -2.15. The summed E-state index contributed by atoms with van der Waals surface area (Å²) in [5.74, 6) is 3.57. The maximum Gasteiger partial charge on any atom is 0.271 e. The normalized spacial score (nSPS) is 10.4. The van der Waals surface area contributed by atoms with Gasteiger partial charge in [0.2, 0.25) is 0 Å². The fourth-order valence-corrected chi connectivity index (χ4v) is 4.68. The van der Waals surface area contributed by atoms with Crippen molar-refractivity contribution in [2.45, 2.75) is 0 Å². The molecular formula is C35H31Cl2N5O8. The minimum Gasteiger partial charge on any atom is -0.507 e. The number of carbonyl (C=O) groups excluding carboxylic acids is 1. The Bertz CT molecular complexity index is 2020. The van der Waals surface area contributed by atoms with E-state index in [1.54, 1.807) is 14.2 Å². The molecule has 0 aliphatic rings. The second-order valence-electron chi connectivity index (χ2n) is 10.1. The first-order chi connectivity index (χ1) is 24.1. The second-order valence-corrected chi connectivity index (χ2v) is 11.0. The van der Waals surface area contributed by atoms with Crippen molar-refractivity contribution in [1.82, 2.24) is 9.97 Å². The molecule has 0 saturated carbocycles. The zero-order valence-electron chi connectivity index (χ0n) is 26.8. The summed E-state index contributed by atoms with van der Waals surface area (Å²) >= 11 is 11.6. The van der Waals surface area contributed by atoms with Gasteiger partial charge < -0.3 is 34.7 Å². The highest BCUT2D eigenvalue weighted by atomic mass is 35.5. The summed E-state index contributed by atoms with van der Waals surface area (Å²) in [6.45, 7) is 1.73. The Hall–Kier alpha value is -5.65. The highest BCUT2D eigenvalue weighted by molar-refractivity contribution is 6.34. The SMILES string of the molecule is C#Cc1cccc(Nc2ncnc3cc(OCCOC)c(OCCOC)cc23)c1.O=C(Nc1ccc([N+](=O)[O-])cc1Cl)c1cc(Cl)ccc1O. The molecule has 0 atom stereocenters. The van der Waals surface area contributed by atoms with Crippen LogP contribution in [0.5, 0.6) is 17.2 Å². The maximum atomic E-state index is 12.0. The van der Waals surface area contributed by atoms with Crippen molar-refractivity contribution >= 4 is 62.9 Å². The highest BCUT2D eigenvalue weighted by Gasteiger charge is 2.16. The number of anilines is 3. The highest BCUT2D eigenvalue weighted by Crippen LogP contribution is 2.35. The summed E-state index contributed by atoms with van der Waals surface area (Å²) < 4.78 is 21.8. The number of benzene rings is 4. The molecule has 1 heterocycles. The lowest BCUT2D eigenvalue weighted by atomic mass is 10.2. The summed E-state index contributed by atoms with van der Waals surface area (Å²) in [7, 11) is 3.25. The average Bonchev–Trinajstić information content (AvgIpc) is 3.11. The lowest BCUT2D eigenvalue weighted by Crippen LogP contribution is -2.12. The molecule has 0 unspecified atom stereocenters. The first-order valence-electron chi connectivity index (χ1n) is 14.7. The van der Waals surface area contributed by atoms with E-state index in [1.807, 2.05) is 36.4 Å². The number of hydrogen-bond acceptors (Lipinski definition) is 11. The van der Waals surface area contributed by atoms with E-state index in [9.17, 15) is 20.0 Å². The summed E-state index contributed by atoms with van der Waals surface area (Å²) in [4.78, 5) is 30.8. The first kappa shape index (κ1) is 37.2. The Balaban J connectivity index is 0.000000237. The molecule has 5 rings (SSSR count). The number of phenolic OH excluding ortho intramolecular Hbond substituents is 1. The standard InChI is InChI=1S/C22H23N3O4.C13H8Cl2N2O4/c1-4-16-6-5-7-17(12-16)25-22-18-13-20(28-10-8-26-2)21(29-11-9-27-3)14-19(18)23-15-24-22;14-7-1-4-12(18)9(5-7)13(19)16-11-3-2-8(17(20)21)6-10(11)15/h1,5-7,12-15H,8-11H2,2-3H3,(H,23,24,25);1-6,18H,(H,16,19). The summed E-state index contributed by atoms with van der Waals surface area (Å²) in [5, 5.41) is 27.1. The number of rotatable bonds is 13. The first-order valence-corrected chi connectivity index (χ1v) is 15.5. The second kappa shape index (κ2) is 18.2. The number of phenols is 1. The number of hydrogen-bond donors (Lipinski definition) is 3. The fourth-order valence-electron chi connectivity index (χ4n) is 4.28. The Morgan fingerprint density at radius 2 is 1.66 bits per heavy atom. The topological polar surface area (TPSA) is 167 Å². The number of nitrogens with one attached hydrogen (secondary N) is 2. The molecule has 0 aliphatic carbocycles. The third-order valence-corrected chi connectivity index (χ3v) is 7.25. The van der Waals surface area contributed by atoms with Crippen molar-refractivity contribution in [2.24, 2.45) is 0 Å². The quantitative estimate of drug-likeness (QED) is 0.0485. The molecule has 0 aliphatic heterocycles. The minimum absolute atomic E-state index is 0.0130. The van der Waals surface area contributed by atoms with E-state index in [0.717, 1.165) is 28.2 Å². The van der Waals surface area contributed by atoms with Crippen LogP contribution in [-0.2, 0) is 9.47 Å². The zero-order valence-corrected chi connectivity index (χ0v) is 28.3. The number of amides is 1. The van der Waals surface area contributed by atoms with Crippen LogP contribution in [0.4, 0.5) is 22.9 Å². The predicted octanol–water partition coefficient (Wildman–Crippen LogP) is 7.26. The zero-order chi connectivity index (χ0) is 36.0. The van der Waals surface area contributed by atoms with Gasteiger partial charge in [-0.1, -0.05) is 35.2 Å². The number of nitro groups is 1. The van der Waals surface area contributed by atoms with E-state index in [1.165, 1.54) is 36.7 Å². The Morgan fingerprint density at radius 3 is 2.32 bits per heavy atom. The van der Waals surface area contributed by atoms with Crippen molar-refractivity contribution in [3.63, 3.8) is 0 Å². The van der Waals surface area contributed by atoms with Gasteiger partial charge in [0.15, 0.2) is 11.5 Å². The van der Waals surface area contributed by atoms with Gasteiger partial charge >= 0.3 is 0 Å². The molecule has 50 heavy (non-hydrogen) atoms. The van der Waals surface area contributed by atoms with Crippen molar-refractivity contribution in [1.29, 1.82) is 0 Å². The van der Waals surface area contributed by atoms with E-state index in [-0.39, 0.29) is 32.7 Å². The van der Waals surface area contributed by atoms with Gasteiger partial charge in [-0.2, -0.15) is 0 Å². The Morgan fingerprint density at radius 1 is 0.940 bits per heavy atom. The number of fused-ring (bicyclic) bond motifs is 1. The van der Waals surface area contributed by atoms with Gasteiger partial charge in [-0.3, -0.25) is 14.9 Å². The number of terminal acetylenes is 1. The molecule has 5 aromatic rings. The van der Waals surface area contributed by atoms with Crippen LogP contribution in [0.15, 0.2) is 79.1 Å². The number of methoxy groups -OCH3 is 2. The molecule has 4 aromatic carbocycles. The molecule has 15 heteroatoms. The van der Waals surface area contributed by atoms with E-state index in [4.69, 9.17) is 48.6 Å². The number of aromatic nitrogens is 2. The van der Waals surface area contributed by atoms with Gasteiger partial charge in [0, 0.05) is 54.1 Å². The Labute approximate surface area is 297 Å². The van der Waals surface area contributed by atoms with Crippen LogP contribution in [0, 0.1) is 22.5 Å². The lowest BCUT2D eigenvalue weighted by molar-refractivity contribution is -0.384. The van der Waals surface area contributed by atoms with Gasteiger partial charge in [0.25, 0.3) is 11.6 Å². The molecule has 0 saturated heterocycles. The van der Waals surface area contributed by atoms with Crippen LogP contribution in [0.2, 0.25) is 10.0 Å². The molecule has 1 amide bonds. The number of halogens is 2. The molecule has 0 bridgehead atoms. The number of aromatic hydroxyl groups is 1. The summed E-state index contributed by atoms with van der Waals surface area (Å²) in [6, 6.07) is 18.9. The van der Waals surface area contributed by atoms with Crippen molar-refractivity contribution in [2.75, 3.05) is 51.3 Å².